The Kier molecular flexibility index (Phi) is 9.24. The Bertz CT molecular complexity index is 361. The van der Waals surface area contributed by atoms with Crippen LogP contribution in [0.4, 0.5) is 0 Å². The summed E-state index contributed by atoms with van der Waals surface area (Å²) >= 11 is 3.50. The predicted octanol–water partition coefficient (Wildman–Crippen LogP) is 3.78. The molecule has 0 saturated carbocycles. The van der Waals surface area contributed by atoms with Crippen molar-refractivity contribution >= 4 is 28.3 Å². The number of hydrogen-bond donors (Lipinski definition) is 1. The van der Waals surface area contributed by atoms with Crippen molar-refractivity contribution in [3.05, 3.63) is 22.2 Å². The van der Waals surface area contributed by atoms with Crippen LogP contribution in [-0.2, 0) is 6.54 Å². The standard InChI is InChI=1S/C13H20BrNO2.ClH/c1-4-6-15-9-10-7-11(14)13(16-3)12(8-10)17-5-2;/h7-8,15H,4-6,9H2,1-3H3;1H. The molecule has 0 spiro atoms. The number of hydrogen-bond acceptors (Lipinski definition) is 3. The lowest BCUT2D eigenvalue weighted by molar-refractivity contribution is 0.309. The largest absolute Gasteiger partial charge is 0.492 e. The van der Waals surface area contributed by atoms with E-state index in [9.17, 15) is 0 Å². The zero-order chi connectivity index (χ0) is 12.7. The minimum Gasteiger partial charge on any atom is -0.492 e. The van der Waals surface area contributed by atoms with Crippen LogP contribution in [0.1, 0.15) is 25.8 Å². The molecule has 0 aliphatic heterocycles. The molecule has 0 unspecified atom stereocenters. The molecule has 0 saturated heterocycles. The molecular formula is C13H21BrClNO2. The fraction of sp³-hybridized carbons (Fsp3) is 0.538. The average Bonchev–Trinajstić information content (AvgIpc) is 2.30. The van der Waals surface area contributed by atoms with Gasteiger partial charge in [-0.25, -0.2) is 0 Å². The van der Waals surface area contributed by atoms with Crippen LogP contribution in [0.2, 0.25) is 0 Å². The molecular weight excluding hydrogens is 318 g/mol. The maximum Gasteiger partial charge on any atom is 0.174 e. The third-order valence-corrected chi connectivity index (χ3v) is 2.92. The minimum atomic E-state index is 0. The first-order valence-corrected chi connectivity index (χ1v) is 6.72. The van der Waals surface area contributed by atoms with E-state index in [1.54, 1.807) is 7.11 Å². The normalized spacial score (nSPS) is 9.78. The molecule has 0 heterocycles. The van der Waals surface area contributed by atoms with E-state index in [1.165, 1.54) is 5.56 Å². The first-order valence-electron chi connectivity index (χ1n) is 5.92. The molecule has 0 atom stereocenters. The molecule has 1 rings (SSSR count). The van der Waals surface area contributed by atoms with Crippen LogP contribution in [0.25, 0.3) is 0 Å². The SMILES string of the molecule is CCCNCc1cc(Br)c(OC)c(OCC)c1.Cl. The highest BCUT2D eigenvalue weighted by molar-refractivity contribution is 9.10. The molecule has 5 heteroatoms. The monoisotopic (exact) mass is 337 g/mol. The molecule has 0 fully saturated rings. The summed E-state index contributed by atoms with van der Waals surface area (Å²) in [5.74, 6) is 1.55. The highest BCUT2D eigenvalue weighted by atomic mass is 79.9. The summed E-state index contributed by atoms with van der Waals surface area (Å²) in [7, 11) is 1.65. The number of rotatable bonds is 7. The van der Waals surface area contributed by atoms with Crippen molar-refractivity contribution in [3.63, 3.8) is 0 Å². The second-order valence-corrected chi connectivity index (χ2v) is 4.57. The van der Waals surface area contributed by atoms with Crippen molar-refractivity contribution in [3.8, 4) is 11.5 Å². The van der Waals surface area contributed by atoms with Gasteiger partial charge in [-0.1, -0.05) is 6.92 Å². The third-order valence-electron chi connectivity index (χ3n) is 2.33. The summed E-state index contributed by atoms with van der Waals surface area (Å²) in [6.07, 6.45) is 1.13. The Hall–Kier alpha value is -0.450. The van der Waals surface area contributed by atoms with E-state index in [0.29, 0.717) is 6.61 Å². The molecule has 1 aromatic rings. The van der Waals surface area contributed by atoms with Gasteiger partial charge in [0.25, 0.3) is 0 Å². The van der Waals surface area contributed by atoms with Gasteiger partial charge in [0.1, 0.15) is 0 Å². The summed E-state index contributed by atoms with van der Waals surface area (Å²) in [6, 6.07) is 4.08. The lowest BCUT2D eigenvalue weighted by Gasteiger charge is -2.13. The van der Waals surface area contributed by atoms with E-state index in [2.05, 4.69) is 34.2 Å². The minimum absolute atomic E-state index is 0. The highest BCUT2D eigenvalue weighted by Gasteiger charge is 2.10. The second-order valence-electron chi connectivity index (χ2n) is 3.72. The van der Waals surface area contributed by atoms with Crippen LogP contribution in [0.3, 0.4) is 0 Å². The molecule has 1 aromatic carbocycles. The molecule has 18 heavy (non-hydrogen) atoms. The fourth-order valence-electron chi connectivity index (χ4n) is 1.59. The molecule has 0 amide bonds. The molecule has 3 nitrogen and oxygen atoms in total. The van der Waals surface area contributed by atoms with Crippen molar-refractivity contribution < 1.29 is 9.47 Å². The van der Waals surface area contributed by atoms with Gasteiger partial charge in [-0.05, 0) is 53.5 Å². The summed E-state index contributed by atoms with van der Waals surface area (Å²) in [4.78, 5) is 0. The lowest BCUT2D eigenvalue weighted by Crippen LogP contribution is -2.14. The molecule has 0 aromatic heterocycles. The smallest absolute Gasteiger partial charge is 0.174 e. The van der Waals surface area contributed by atoms with Crippen molar-refractivity contribution in [1.29, 1.82) is 0 Å². The van der Waals surface area contributed by atoms with E-state index in [4.69, 9.17) is 9.47 Å². The highest BCUT2D eigenvalue weighted by Crippen LogP contribution is 2.36. The van der Waals surface area contributed by atoms with Gasteiger partial charge < -0.3 is 14.8 Å². The van der Waals surface area contributed by atoms with Crippen molar-refractivity contribution in [1.82, 2.24) is 5.32 Å². The summed E-state index contributed by atoms with van der Waals surface area (Å²) in [5, 5.41) is 3.37. The Morgan fingerprint density at radius 1 is 1.28 bits per heavy atom. The quantitative estimate of drug-likeness (QED) is 0.768. The second kappa shape index (κ2) is 9.48. The van der Waals surface area contributed by atoms with E-state index in [-0.39, 0.29) is 12.4 Å². The number of benzene rings is 1. The number of nitrogens with one attached hydrogen (secondary N) is 1. The van der Waals surface area contributed by atoms with Crippen LogP contribution in [-0.4, -0.2) is 20.3 Å². The van der Waals surface area contributed by atoms with E-state index >= 15 is 0 Å². The molecule has 1 N–H and O–H groups in total. The summed E-state index contributed by atoms with van der Waals surface area (Å²) in [6.45, 7) is 6.62. The van der Waals surface area contributed by atoms with Crippen molar-refractivity contribution in [2.24, 2.45) is 0 Å². The molecule has 0 aliphatic carbocycles. The Balaban J connectivity index is 0.00000289. The van der Waals surface area contributed by atoms with Gasteiger partial charge in [0.05, 0.1) is 18.2 Å². The first-order chi connectivity index (χ1) is 8.22. The zero-order valence-corrected chi connectivity index (χ0v) is 13.5. The topological polar surface area (TPSA) is 30.5 Å². The number of methoxy groups -OCH3 is 1. The molecule has 0 aliphatic rings. The third kappa shape index (κ3) is 5.04. The summed E-state index contributed by atoms with van der Waals surface area (Å²) in [5.41, 5.74) is 1.19. The van der Waals surface area contributed by atoms with Gasteiger partial charge in [-0.2, -0.15) is 0 Å². The zero-order valence-electron chi connectivity index (χ0n) is 11.1. The van der Waals surface area contributed by atoms with Crippen LogP contribution < -0.4 is 14.8 Å². The Morgan fingerprint density at radius 2 is 2.00 bits per heavy atom. The van der Waals surface area contributed by atoms with Crippen molar-refractivity contribution in [2.45, 2.75) is 26.8 Å². The average molecular weight is 339 g/mol. The van der Waals surface area contributed by atoms with Gasteiger partial charge >= 0.3 is 0 Å². The van der Waals surface area contributed by atoms with Crippen LogP contribution in [0.15, 0.2) is 16.6 Å². The number of halogens is 2. The van der Waals surface area contributed by atoms with Crippen molar-refractivity contribution in [2.75, 3.05) is 20.3 Å². The van der Waals surface area contributed by atoms with Gasteiger partial charge in [0.15, 0.2) is 11.5 Å². The maximum absolute atomic E-state index is 5.57. The Morgan fingerprint density at radius 3 is 2.56 bits per heavy atom. The van der Waals surface area contributed by atoms with Gasteiger partial charge in [0, 0.05) is 6.54 Å². The summed E-state index contributed by atoms with van der Waals surface area (Å²) < 4.78 is 11.8. The lowest BCUT2D eigenvalue weighted by atomic mass is 10.2. The molecule has 0 bridgehead atoms. The van der Waals surface area contributed by atoms with E-state index in [0.717, 1.165) is 35.5 Å². The number of ether oxygens (including phenoxy) is 2. The Labute approximate surface area is 124 Å². The van der Waals surface area contributed by atoms with E-state index in [1.807, 2.05) is 13.0 Å². The first kappa shape index (κ1) is 17.6. The molecule has 104 valence electrons. The fourth-order valence-corrected chi connectivity index (χ4v) is 2.25. The van der Waals surface area contributed by atoms with E-state index < -0.39 is 0 Å². The van der Waals surface area contributed by atoms with Crippen LogP contribution >= 0.6 is 28.3 Å². The van der Waals surface area contributed by atoms with Crippen LogP contribution in [0.5, 0.6) is 11.5 Å². The van der Waals surface area contributed by atoms with Crippen LogP contribution in [0, 0.1) is 0 Å². The van der Waals surface area contributed by atoms with Gasteiger partial charge in [0.2, 0.25) is 0 Å². The predicted molar refractivity (Wildman–Crippen MR) is 81.1 cm³/mol. The molecule has 0 radical (unpaired) electrons. The van der Waals surface area contributed by atoms with Gasteiger partial charge in [-0.15, -0.1) is 12.4 Å². The van der Waals surface area contributed by atoms with Gasteiger partial charge in [-0.3, -0.25) is 0 Å². The maximum atomic E-state index is 5.57.